The zero-order chi connectivity index (χ0) is 5.11. The van der Waals surface area contributed by atoms with Crippen LogP contribution in [0.25, 0.3) is 0 Å². The monoisotopic (exact) mass is 237 g/mol. The van der Waals surface area contributed by atoms with Crippen molar-refractivity contribution in [3.05, 3.63) is 29.0 Å². The number of pyridine rings is 1. The predicted molar refractivity (Wildman–Crippen MR) is 30.7 cm³/mol. The first-order valence-corrected chi connectivity index (χ1v) is 2.80. The van der Waals surface area contributed by atoms with Crippen molar-refractivity contribution in [3.8, 4) is 0 Å². The van der Waals surface area contributed by atoms with Crippen LogP contribution in [0, 0.1) is 0 Å². The van der Waals surface area contributed by atoms with E-state index in [4.69, 9.17) is 0 Å². The first-order chi connectivity index (χ1) is 3.39. The van der Waals surface area contributed by atoms with Crippen molar-refractivity contribution in [2.75, 3.05) is 0 Å². The van der Waals surface area contributed by atoms with E-state index in [1.54, 1.807) is 0 Å². The van der Waals surface area contributed by atoms with Crippen molar-refractivity contribution in [1.82, 2.24) is 0 Å². The number of aromatic amines is 1. The third-order valence-electron chi connectivity index (χ3n) is 0.678. The molecule has 8 heavy (non-hydrogen) atoms. The van der Waals surface area contributed by atoms with Gasteiger partial charge in [-0.05, 0) is 0 Å². The lowest BCUT2D eigenvalue weighted by Crippen LogP contribution is -3.00. The van der Waals surface area contributed by atoms with Crippen molar-refractivity contribution in [3.63, 3.8) is 0 Å². The molecule has 1 aromatic rings. The minimum atomic E-state index is 0. The van der Waals surface area contributed by atoms with E-state index in [0.717, 1.165) is 4.47 Å². The van der Waals surface area contributed by atoms with Crippen LogP contribution in [-0.4, -0.2) is 0 Å². The zero-order valence-electron chi connectivity index (χ0n) is 4.07. The summed E-state index contributed by atoms with van der Waals surface area (Å²) in [5, 5.41) is 0. The molecule has 0 fully saturated rings. The fourth-order valence-corrected chi connectivity index (χ4v) is 0.631. The molecule has 0 aliphatic carbocycles. The topological polar surface area (TPSA) is 14.1 Å². The summed E-state index contributed by atoms with van der Waals surface area (Å²) in [5.41, 5.74) is 0. The summed E-state index contributed by atoms with van der Waals surface area (Å²) >= 11 is 3.29. The molecule has 1 heterocycles. The minimum Gasteiger partial charge on any atom is -1.00 e. The second-order valence-electron chi connectivity index (χ2n) is 1.22. The van der Waals surface area contributed by atoms with Crippen molar-refractivity contribution in [2.24, 2.45) is 0 Å². The molecule has 0 atom stereocenters. The van der Waals surface area contributed by atoms with E-state index in [-0.39, 0.29) is 17.0 Å². The number of H-pyrrole nitrogens is 1. The van der Waals surface area contributed by atoms with Crippen LogP contribution in [-0.2, 0) is 0 Å². The molecule has 0 radical (unpaired) electrons. The molecule has 44 valence electrons. The highest BCUT2D eigenvalue weighted by atomic mass is 79.9. The summed E-state index contributed by atoms with van der Waals surface area (Å²) in [6.45, 7) is 0. The van der Waals surface area contributed by atoms with Crippen molar-refractivity contribution >= 4 is 15.9 Å². The molecule has 0 amide bonds. The smallest absolute Gasteiger partial charge is 0.168 e. The van der Waals surface area contributed by atoms with Gasteiger partial charge in [-0.15, -0.1) is 0 Å². The Kier molecular flexibility index (Phi) is 4.09. The Labute approximate surface area is 67.0 Å². The highest BCUT2D eigenvalue weighted by Crippen LogP contribution is 2.02. The Bertz CT molecular complexity index is 140. The lowest BCUT2D eigenvalue weighted by molar-refractivity contribution is -0.378. The average molecular weight is 239 g/mol. The molecule has 0 bridgehead atoms. The van der Waals surface area contributed by atoms with Gasteiger partial charge in [-0.2, -0.15) is 0 Å². The minimum absolute atomic E-state index is 0. The first kappa shape index (κ1) is 8.11. The SMILES string of the molecule is Brc1cc[nH+]cc1.[Br-]. The van der Waals surface area contributed by atoms with Crippen LogP contribution in [0.5, 0.6) is 0 Å². The maximum atomic E-state index is 3.29. The third-order valence-corrected chi connectivity index (χ3v) is 1.21. The van der Waals surface area contributed by atoms with Crippen LogP contribution in [0.15, 0.2) is 29.0 Å². The van der Waals surface area contributed by atoms with Gasteiger partial charge in [0, 0.05) is 16.6 Å². The maximum absolute atomic E-state index is 3.29. The van der Waals surface area contributed by atoms with Crippen LogP contribution in [0.2, 0.25) is 0 Å². The molecule has 0 unspecified atom stereocenters. The molecule has 0 spiro atoms. The van der Waals surface area contributed by atoms with Crippen molar-refractivity contribution < 1.29 is 22.0 Å². The van der Waals surface area contributed by atoms with Gasteiger partial charge in [0.05, 0.1) is 0 Å². The largest absolute Gasteiger partial charge is 1.00 e. The number of nitrogens with one attached hydrogen (secondary N) is 1. The Morgan fingerprint density at radius 1 is 1.25 bits per heavy atom. The fourth-order valence-electron chi connectivity index (χ4n) is 0.367. The molecule has 1 N–H and O–H groups in total. The summed E-state index contributed by atoms with van der Waals surface area (Å²) in [5.74, 6) is 0. The standard InChI is InChI=1S/C5H4BrN.BrH/c6-5-1-3-7-4-2-5;/h1-4H;1H. The second kappa shape index (κ2) is 4.04. The second-order valence-corrected chi connectivity index (χ2v) is 2.13. The number of rotatable bonds is 0. The van der Waals surface area contributed by atoms with E-state index < -0.39 is 0 Å². The van der Waals surface area contributed by atoms with Crippen LogP contribution in [0.3, 0.4) is 0 Å². The van der Waals surface area contributed by atoms with Gasteiger partial charge in [-0.25, -0.2) is 4.98 Å². The van der Waals surface area contributed by atoms with E-state index in [0.29, 0.717) is 0 Å². The lowest BCUT2D eigenvalue weighted by atomic mass is 10.5. The van der Waals surface area contributed by atoms with Crippen LogP contribution in [0.1, 0.15) is 0 Å². The molecule has 0 aromatic carbocycles. The predicted octanol–water partition coefficient (Wildman–Crippen LogP) is -1.73. The van der Waals surface area contributed by atoms with E-state index in [1.165, 1.54) is 0 Å². The van der Waals surface area contributed by atoms with E-state index >= 15 is 0 Å². The third kappa shape index (κ3) is 2.43. The van der Waals surface area contributed by atoms with Gasteiger partial charge in [0.25, 0.3) is 0 Å². The van der Waals surface area contributed by atoms with Gasteiger partial charge < -0.3 is 17.0 Å². The maximum Gasteiger partial charge on any atom is 0.168 e. The van der Waals surface area contributed by atoms with E-state index in [2.05, 4.69) is 20.9 Å². The van der Waals surface area contributed by atoms with Crippen molar-refractivity contribution in [2.45, 2.75) is 0 Å². The van der Waals surface area contributed by atoms with Gasteiger partial charge in [0.2, 0.25) is 0 Å². The summed E-state index contributed by atoms with van der Waals surface area (Å²) in [7, 11) is 0. The first-order valence-electron chi connectivity index (χ1n) is 2.01. The van der Waals surface area contributed by atoms with E-state index in [1.807, 2.05) is 24.5 Å². The molecule has 0 aliphatic rings. The fraction of sp³-hybridized carbons (Fsp3) is 0. The summed E-state index contributed by atoms with van der Waals surface area (Å²) < 4.78 is 1.10. The highest BCUT2D eigenvalue weighted by molar-refractivity contribution is 9.10. The summed E-state index contributed by atoms with van der Waals surface area (Å²) in [6, 6.07) is 3.89. The molecular formula is C5H5Br2N. The normalized spacial score (nSPS) is 7.62. The molecule has 0 saturated carbocycles. The number of hydrogen-bond donors (Lipinski definition) is 0. The average Bonchev–Trinajstić information content (AvgIpc) is 1.69. The molecule has 1 rings (SSSR count). The number of hydrogen-bond acceptors (Lipinski definition) is 0. The summed E-state index contributed by atoms with van der Waals surface area (Å²) in [6.07, 6.45) is 3.73. The zero-order valence-corrected chi connectivity index (χ0v) is 7.24. The van der Waals surface area contributed by atoms with Gasteiger partial charge in [-0.3, -0.25) is 0 Å². The highest BCUT2D eigenvalue weighted by Gasteiger charge is 1.80. The van der Waals surface area contributed by atoms with E-state index in [9.17, 15) is 0 Å². The van der Waals surface area contributed by atoms with Crippen LogP contribution < -0.4 is 22.0 Å². The molecule has 3 heteroatoms. The summed E-state index contributed by atoms with van der Waals surface area (Å²) in [4.78, 5) is 2.90. The number of halogens is 2. The van der Waals surface area contributed by atoms with Crippen LogP contribution in [0.4, 0.5) is 0 Å². The molecule has 1 aromatic heterocycles. The molecule has 0 aliphatic heterocycles. The van der Waals surface area contributed by atoms with Gasteiger partial charge in [0.1, 0.15) is 0 Å². The van der Waals surface area contributed by atoms with Gasteiger partial charge in [0.15, 0.2) is 12.4 Å². The lowest BCUT2D eigenvalue weighted by Gasteiger charge is -1.75. The molecule has 1 nitrogen and oxygen atoms in total. The Morgan fingerprint density at radius 2 is 1.75 bits per heavy atom. The molecule has 0 saturated heterocycles. The van der Waals surface area contributed by atoms with Gasteiger partial charge >= 0.3 is 0 Å². The Hall–Kier alpha value is 0.110. The molecular weight excluding hydrogens is 234 g/mol. The Morgan fingerprint density at radius 3 is 2.00 bits per heavy atom. The van der Waals surface area contributed by atoms with Crippen molar-refractivity contribution in [1.29, 1.82) is 0 Å². The quantitative estimate of drug-likeness (QED) is 0.510. The number of aromatic nitrogens is 1. The Balaban J connectivity index is 0.000000490. The van der Waals surface area contributed by atoms with Gasteiger partial charge in [-0.1, -0.05) is 15.9 Å². The van der Waals surface area contributed by atoms with Crippen LogP contribution >= 0.6 is 15.9 Å².